The van der Waals surface area contributed by atoms with Crippen LogP contribution in [0.15, 0.2) is 65.7 Å². The molecule has 0 radical (unpaired) electrons. The van der Waals surface area contributed by atoms with Crippen LogP contribution in [0.4, 0.5) is 4.79 Å². The Hall–Kier alpha value is -3.15. The molecule has 6 heteroatoms. The van der Waals surface area contributed by atoms with E-state index in [1.165, 1.54) is 0 Å². The number of hydrogen-bond donors (Lipinski definition) is 1. The smallest absolute Gasteiger partial charge is 0.408 e. The van der Waals surface area contributed by atoms with Crippen LogP contribution in [-0.2, 0) is 27.3 Å². The first-order valence-electron chi connectivity index (χ1n) is 9.33. The maximum Gasteiger partial charge on any atom is 0.408 e. The average molecular weight is 380 g/mol. The second-order valence-electron chi connectivity index (χ2n) is 7.02. The van der Waals surface area contributed by atoms with Crippen molar-refractivity contribution in [3.05, 3.63) is 71.8 Å². The summed E-state index contributed by atoms with van der Waals surface area (Å²) in [5.41, 5.74) is 1.90. The number of alkyl carbamates (subject to hydrolysis) is 1. The van der Waals surface area contributed by atoms with Gasteiger partial charge in [-0.15, -0.1) is 0 Å². The zero-order valence-electron chi connectivity index (χ0n) is 16.0. The fraction of sp³-hybridized carbons (Fsp3) is 0.318. The summed E-state index contributed by atoms with van der Waals surface area (Å²) < 4.78 is 10.6. The van der Waals surface area contributed by atoms with Crippen molar-refractivity contribution < 1.29 is 19.1 Å². The van der Waals surface area contributed by atoms with Crippen LogP contribution < -0.4 is 5.32 Å². The molecule has 0 unspecified atom stereocenters. The van der Waals surface area contributed by atoms with Gasteiger partial charge in [0.25, 0.3) is 0 Å². The van der Waals surface area contributed by atoms with Crippen LogP contribution in [-0.4, -0.2) is 30.0 Å². The van der Waals surface area contributed by atoms with Crippen LogP contribution in [0.5, 0.6) is 0 Å². The highest BCUT2D eigenvalue weighted by Gasteiger charge is 2.35. The van der Waals surface area contributed by atoms with Crippen molar-refractivity contribution in [1.29, 1.82) is 0 Å². The maximum atomic E-state index is 12.2. The predicted molar refractivity (Wildman–Crippen MR) is 106 cm³/mol. The molecule has 6 nitrogen and oxygen atoms in total. The molecule has 0 aliphatic carbocycles. The topological polar surface area (TPSA) is 77.0 Å². The number of esters is 1. The van der Waals surface area contributed by atoms with E-state index in [1.807, 2.05) is 74.5 Å². The van der Waals surface area contributed by atoms with E-state index in [9.17, 15) is 9.59 Å². The van der Waals surface area contributed by atoms with Gasteiger partial charge in [0.15, 0.2) is 6.04 Å². The van der Waals surface area contributed by atoms with Crippen molar-refractivity contribution in [2.24, 2.45) is 10.9 Å². The summed E-state index contributed by atoms with van der Waals surface area (Å²) >= 11 is 0. The second kappa shape index (κ2) is 9.17. The zero-order chi connectivity index (χ0) is 19.9. The second-order valence-corrected chi connectivity index (χ2v) is 7.02. The third kappa shape index (κ3) is 5.19. The van der Waals surface area contributed by atoms with Crippen LogP contribution in [0, 0.1) is 5.92 Å². The summed E-state index contributed by atoms with van der Waals surface area (Å²) in [5, 5.41) is 2.76. The van der Waals surface area contributed by atoms with Gasteiger partial charge < -0.3 is 14.8 Å². The first-order valence-corrected chi connectivity index (χ1v) is 9.33. The number of hydrogen-bond acceptors (Lipinski definition) is 5. The van der Waals surface area contributed by atoms with Crippen LogP contribution in [0.25, 0.3) is 0 Å². The number of nitrogens with zero attached hydrogens (tertiary/aromatic N) is 1. The van der Waals surface area contributed by atoms with E-state index in [-0.39, 0.29) is 18.4 Å². The Morgan fingerprint density at radius 1 is 1.07 bits per heavy atom. The Labute approximate surface area is 164 Å². The Morgan fingerprint density at radius 3 is 2.29 bits per heavy atom. The van der Waals surface area contributed by atoms with E-state index in [1.54, 1.807) is 0 Å². The molecule has 0 aromatic heterocycles. The maximum absolute atomic E-state index is 12.2. The lowest BCUT2D eigenvalue weighted by Crippen LogP contribution is -2.45. The highest BCUT2D eigenvalue weighted by molar-refractivity contribution is 6.00. The molecule has 0 saturated carbocycles. The predicted octanol–water partition coefficient (Wildman–Crippen LogP) is 3.50. The van der Waals surface area contributed by atoms with Crippen molar-refractivity contribution in [2.45, 2.75) is 39.0 Å². The van der Waals surface area contributed by atoms with Crippen molar-refractivity contribution in [3.63, 3.8) is 0 Å². The minimum atomic E-state index is -0.596. The summed E-state index contributed by atoms with van der Waals surface area (Å²) in [5.74, 6) is -0.187. The summed E-state index contributed by atoms with van der Waals surface area (Å²) in [4.78, 5) is 28.9. The van der Waals surface area contributed by atoms with Crippen molar-refractivity contribution in [2.75, 3.05) is 0 Å². The monoisotopic (exact) mass is 380 g/mol. The summed E-state index contributed by atoms with van der Waals surface area (Å²) in [6.45, 7) is 4.01. The normalized spacial score (nSPS) is 17.0. The van der Waals surface area contributed by atoms with Gasteiger partial charge in [0.05, 0.1) is 0 Å². The van der Waals surface area contributed by atoms with Crippen molar-refractivity contribution in [1.82, 2.24) is 5.32 Å². The Balaban J connectivity index is 1.62. The van der Waals surface area contributed by atoms with Gasteiger partial charge >= 0.3 is 12.1 Å². The Morgan fingerprint density at radius 2 is 1.68 bits per heavy atom. The number of benzene rings is 2. The fourth-order valence-corrected chi connectivity index (χ4v) is 2.92. The van der Waals surface area contributed by atoms with E-state index in [0.717, 1.165) is 11.1 Å². The van der Waals surface area contributed by atoms with Crippen LogP contribution in [0.2, 0.25) is 0 Å². The van der Waals surface area contributed by atoms with Crippen LogP contribution in [0.3, 0.4) is 0 Å². The van der Waals surface area contributed by atoms with E-state index in [4.69, 9.17) is 9.47 Å². The molecule has 28 heavy (non-hydrogen) atoms. The number of rotatable bonds is 7. The number of ether oxygens (including phenoxy) is 2. The van der Waals surface area contributed by atoms with Gasteiger partial charge in [-0.1, -0.05) is 74.5 Å². The third-order valence-electron chi connectivity index (χ3n) is 4.45. The molecule has 146 valence electrons. The highest BCUT2D eigenvalue weighted by atomic mass is 16.6. The quantitative estimate of drug-likeness (QED) is 0.746. The summed E-state index contributed by atoms with van der Waals surface area (Å²) in [7, 11) is 0. The van der Waals surface area contributed by atoms with E-state index < -0.39 is 24.1 Å². The Kier molecular flexibility index (Phi) is 6.42. The summed E-state index contributed by atoms with van der Waals surface area (Å²) in [6.07, 6.45) is -0.111. The van der Waals surface area contributed by atoms with Crippen molar-refractivity contribution >= 4 is 18.0 Å². The lowest BCUT2D eigenvalue weighted by atomic mass is 10.0. The van der Waals surface area contributed by atoms with Crippen LogP contribution in [0.1, 0.15) is 25.0 Å². The van der Waals surface area contributed by atoms with Gasteiger partial charge in [-0.25, -0.2) is 14.6 Å². The molecule has 0 spiro atoms. The van der Waals surface area contributed by atoms with Crippen LogP contribution >= 0.6 is 0 Å². The molecular formula is C22H24N2O4. The fourth-order valence-electron chi connectivity index (χ4n) is 2.92. The van der Waals surface area contributed by atoms with Gasteiger partial charge in [0.2, 0.25) is 5.90 Å². The van der Waals surface area contributed by atoms with Gasteiger partial charge in [0, 0.05) is 6.42 Å². The van der Waals surface area contributed by atoms with Crippen molar-refractivity contribution in [3.8, 4) is 0 Å². The lowest BCUT2D eigenvalue weighted by Gasteiger charge is -2.20. The molecule has 1 aliphatic heterocycles. The van der Waals surface area contributed by atoms with E-state index in [0.29, 0.717) is 6.42 Å². The first kappa shape index (κ1) is 19.6. The molecule has 1 N–H and O–H groups in total. The molecule has 2 atom stereocenters. The molecule has 2 aromatic rings. The number of nitrogens with one attached hydrogen (secondary N) is 1. The average Bonchev–Trinajstić information content (AvgIpc) is 3.06. The highest BCUT2D eigenvalue weighted by Crippen LogP contribution is 2.18. The van der Waals surface area contributed by atoms with Gasteiger partial charge in [0.1, 0.15) is 12.6 Å². The lowest BCUT2D eigenvalue weighted by molar-refractivity contribution is -0.135. The zero-order valence-corrected chi connectivity index (χ0v) is 16.0. The van der Waals surface area contributed by atoms with E-state index in [2.05, 4.69) is 10.3 Å². The largest absolute Gasteiger partial charge is 0.445 e. The minimum Gasteiger partial charge on any atom is -0.445 e. The number of carbonyl (C=O) groups excluding carboxylic acids is 2. The van der Waals surface area contributed by atoms with Gasteiger partial charge in [-0.05, 0) is 17.0 Å². The molecule has 0 fully saturated rings. The summed E-state index contributed by atoms with van der Waals surface area (Å²) in [6, 6.07) is 17.9. The number of cyclic esters (lactones) is 1. The molecule has 0 bridgehead atoms. The molecule has 2 aromatic carbocycles. The van der Waals surface area contributed by atoms with Gasteiger partial charge in [-0.2, -0.15) is 0 Å². The molecule has 1 amide bonds. The SMILES string of the molecule is CC(C)[C@H](NC(=O)OCc1ccccc1)C1=N[C@H](Cc2ccccc2)C(=O)O1. The van der Waals surface area contributed by atoms with E-state index >= 15 is 0 Å². The number of amides is 1. The number of aliphatic imine (C=N–C) groups is 1. The van der Waals surface area contributed by atoms with Gasteiger partial charge in [-0.3, -0.25) is 0 Å². The molecule has 1 aliphatic rings. The molecular weight excluding hydrogens is 356 g/mol. The molecule has 1 heterocycles. The Bertz CT molecular complexity index is 834. The third-order valence-corrected chi connectivity index (χ3v) is 4.45. The standard InChI is InChI=1S/C22H24N2O4/c1-15(2)19(24-22(26)27-14-17-11-7-4-8-12-17)20-23-18(21(25)28-20)13-16-9-5-3-6-10-16/h3-12,15,18-19H,13-14H2,1-2H3,(H,24,26)/t18-,19+/m1/s1. The number of carbonyl (C=O) groups is 2. The first-order chi connectivity index (χ1) is 13.5. The molecule has 0 saturated heterocycles. The minimum absolute atomic E-state index is 0.0219. The molecule has 3 rings (SSSR count).